The lowest BCUT2D eigenvalue weighted by Gasteiger charge is -2.40. The minimum Gasteiger partial charge on any atom is -0.394 e. The first-order valence-electron chi connectivity index (χ1n) is 25.4. The highest BCUT2D eigenvalue weighted by molar-refractivity contribution is 5.76. The van der Waals surface area contributed by atoms with Crippen molar-refractivity contribution in [2.24, 2.45) is 0 Å². The number of allylic oxidation sites excluding steroid dienone is 7. The van der Waals surface area contributed by atoms with Crippen molar-refractivity contribution in [2.45, 2.75) is 262 Å². The summed E-state index contributed by atoms with van der Waals surface area (Å²) < 4.78 is 11.2. The van der Waals surface area contributed by atoms with Crippen LogP contribution in [0.3, 0.4) is 0 Å². The Bertz CT molecular complexity index is 1090. The van der Waals surface area contributed by atoms with Crippen molar-refractivity contribution in [3.63, 3.8) is 0 Å². The van der Waals surface area contributed by atoms with E-state index in [-0.39, 0.29) is 12.5 Å². The molecule has 1 amide bonds. The first kappa shape index (κ1) is 57.2. The molecule has 1 aliphatic heterocycles. The molecule has 9 heteroatoms. The zero-order chi connectivity index (χ0) is 44.4. The summed E-state index contributed by atoms with van der Waals surface area (Å²) in [6, 6.07) is -0.832. The van der Waals surface area contributed by atoms with E-state index in [0.717, 1.165) is 70.6 Å². The van der Waals surface area contributed by atoms with E-state index < -0.39 is 49.5 Å². The first-order valence-corrected chi connectivity index (χ1v) is 25.4. The normalized spacial score (nSPS) is 20.8. The van der Waals surface area contributed by atoms with Crippen molar-refractivity contribution < 1.29 is 39.8 Å². The fourth-order valence-corrected chi connectivity index (χ4v) is 7.77. The fourth-order valence-electron chi connectivity index (χ4n) is 7.77. The van der Waals surface area contributed by atoms with E-state index in [1.807, 2.05) is 6.08 Å². The molecular formula is C52H95NO8. The third-order valence-electron chi connectivity index (χ3n) is 11.9. The van der Waals surface area contributed by atoms with Crippen molar-refractivity contribution in [1.29, 1.82) is 0 Å². The number of carbonyl (C=O) groups is 1. The summed E-state index contributed by atoms with van der Waals surface area (Å²) in [5.74, 6) is -0.202. The number of hydrogen-bond donors (Lipinski definition) is 6. The van der Waals surface area contributed by atoms with Gasteiger partial charge in [0.1, 0.15) is 24.4 Å². The summed E-state index contributed by atoms with van der Waals surface area (Å²) in [6.45, 7) is 3.72. The second-order valence-electron chi connectivity index (χ2n) is 17.6. The van der Waals surface area contributed by atoms with Gasteiger partial charge in [-0.15, -0.1) is 0 Å². The number of nitrogens with one attached hydrogen (secondary N) is 1. The number of ether oxygens (including phenoxy) is 2. The molecule has 7 atom stereocenters. The van der Waals surface area contributed by atoms with Gasteiger partial charge in [0.05, 0.1) is 25.4 Å². The zero-order valence-electron chi connectivity index (χ0n) is 39.2. The van der Waals surface area contributed by atoms with E-state index in [9.17, 15) is 30.3 Å². The Hall–Kier alpha value is -1.85. The molecule has 0 saturated carbocycles. The average molecular weight is 862 g/mol. The molecule has 6 N–H and O–H groups in total. The number of unbranched alkanes of at least 4 members (excludes halogenated alkanes) is 26. The van der Waals surface area contributed by atoms with Gasteiger partial charge in [-0.1, -0.05) is 191 Å². The number of aliphatic hydroxyl groups is 5. The van der Waals surface area contributed by atoms with Gasteiger partial charge in [0.2, 0.25) is 5.91 Å². The monoisotopic (exact) mass is 862 g/mol. The summed E-state index contributed by atoms with van der Waals surface area (Å²) in [5.41, 5.74) is 0. The van der Waals surface area contributed by atoms with Gasteiger partial charge in [-0.05, 0) is 70.6 Å². The van der Waals surface area contributed by atoms with Crippen LogP contribution in [0.4, 0.5) is 0 Å². The van der Waals surface area contributed by atoms with Crippen LogP contribution in [0.5, 0.6) is 0 Å². The number of rotatable bonds is 42. The predicted octanol–water partition coefficient (Wildman–Crippen LogP) is 11.4. The van der Waals surface area contributed by atoms with Crippen molar-refractivity contribution in [3.05, 3.63) is 48.6 Å². The van der Waals surface area contributed by atoms with Crippen molar-refractivity contribution in [1.82, 2.24) is 5.32 Å². The lowest BCUT2D eigenvalue weighted by molar-refractivity contribution is -0.302. The second kappa shape index (κ2) is 42.1. The smallest absolute Gasteiger partial charge is 0.220 e. The number of aliphatic hydroxyl groups excluding tert-OH is 5. The molecule has 1 saturated heterocycles. The van der Waals surface area contributed by atoms with Crippen molar-refractivity contribution in [2.75, 3.05) is 13.2 Å². The molecule has 0 radical (unpaired) electrons. The first-order chi connectivity index (χ1) is 29.8. The Morgan fingerprint density at radius 1 is 0.541 bits per heavy atom. The quantitative estimate of drug-likeness (QED) is 0.0262. The molecular weight excluding hydrogens is 767 g/mol. The van der Waals surface area contributed by atoms with Crippen molar-refractivity contribution >= 4 is 5.91 Å². The van der Waals surface area contributed by atoms with Crippen LogP contribution in [0.15, 0.2) is 48.6 Å². The summed E-state index contributed by atoms with van der Waals surface area (Å²) in [5, 5.41) is 54.2. The summed E-state index contributed by atoms with van der Waals surface area (Å²) in [7, 11) is 0. The van der Waals surface area contributed by atoms with Gasteiger partial charge >= 0.3 is 0 Å². The molecule has 1 rings (SSSR count). The van der Waals surface area contributed by atoms with Crippen LogP contribution in [0.2, 0.25) is 0 Å². The minimum atomic E-state index is -1.58. The highest BCUT2D eigenvalue weighted by atomic mass is 16.7. The van der Waals surface area contributed by atoms with E-state index in [0.29, 0.717) is 6.42 Å². The van der Waals surface area contributed by atoms with Gasteiger partial charge in [0.15, 0.2) is 6.29 Å². The summed E-state index contributed by atoms with van der Waals surface area (Å²) >= 11 is 0. The van der Waals surface area contributed by atoms with E-state index in [2.05, 4.69) is 55.6 Å². The maximum absolute atomic E-state index is 12.9. The number of hydrogen-bond acceptors (Lipinski definition) is 8. The largest absolute Gasteiger partial charge is 0.394 e. The molecule has 9 nitrogen and oxygen atoms in total. The lowest BCUT2D eigenvalue weighted by Crippen LogP contribution is -2.60. The molecule has 1 aliphatic rings. The molecule has 0 aromatic heterocycles. The molecule has 0 aliphatic carbocycles. The van der Waals surface area contributed by atoms with E-state index in [1.54, 1.807) is 6.08 Å². The third-order valence-corrected chi connectivity index (χ3v) is 11.9. The SMILES string of the molecule is CCCCC/C=C\CCCCCCCC(=O)NC(COC1OC(CO)C(O)C(O)C1O)C(O)/C=C/CC/C=C/CC/C=C/CCCCCCCCCCCCCCCCCC. The van der Waals surface area contributed by atoms with Gasteiger partial charge in [-0.2, -0.15) is 0 Å². The zero-order valence-corrected chi connectivity index (χ0v) is 39.2. The predicted molar refractivity (Wildman–Crippen MR) is 253 cm³/mol. The van der Waals surface area contributed by atoms with Crippen LogP contribution in [-0.4, -0.2) is 87.5 Å². The highest BCUT2D eigenvalue weighted by Crippen LogP contribution is 2.23. The molecule has 61 heavy (non-hydrogen) atoms. The molecule has 7 unspecified atom stereocenters. The standard InChI is InChI=1S/C52H95NO8/c1-3-5-7-9-11-13-15-17-18-19-20-21-22-23-24-25-26-27-28-29-30-31-33-35-37-39-41-46(55)45(44-60-52-51(59)50(58)49(57)47(43-54)61-52)53-48(56)42-40-38-36-34-32-16-14-12-10-8-6-4-2/h12,14,27-28,31,33,39,41,45-47,49-52,54-55,57-59H,3-11,13,15-26,29-30,32,34-38,40,42-44H2,1-2H3,(H,53,56)/b14-12-,28-27+,33-31+,41-39+. The van der Waals surface area contributed by atoms with Crippen LogP contribution in [0, 0.1) is 0 Å². The Kier molecular flexibility index (Phi) is 39.5. The third kappa shape index (κ3) is 32.5. The van der Waals surface area contributed by atoms with Crippen LogP contribution >= 0.6 is 0 Å². The maximum Gasteiger partial charge on any atom is 0.220 e. The Morgan fingerprint density at radius 3 is 1.41 bits per heavy atom. The molecule has 0 bridgehead atoms. The van der Waals surface area contributed by atoms with Crippen molar-refractivity contribution in [3.8, 4) is 0 Å². The van der Waals surface area contributed by atoms with E-state index in [4.69, 9.17) is 9.47 Å². The second-order valence-corrected chi connectivity index (χ2v) is 17.6. The lowest BCUT2D eigenvalue weighted by atomic mass is 9.99. The van der Waals surface area contributed by atoms with Crippen LogP contribution < -0.4 is 5.32 Å². The van der Waals surface area contributed by atoms with Gasteiger partial charge in [-0.3, -0.25) is 4.79 Å². The molecule has 0 spiro atoms. The Balaban J connectivity index is 2.30. The van der Waals surface area contributed by atoms with Gasteiger partial charge in [0.25, 0.3) is 0 Å². The van der Waals surface area contributed by atoms with Crippen LogP contribution in [0.25, 0.3) is 0 Å². The Morgan fingerprint density at radius 2 is 0.934 bits per heavy atom. The van der Waals surface area contributed by atoms with Crippen LogP contribution in [0.1, 0.15) is 219 Å². The number of carbonyl (C=O) groups excluding carboxylic acids is 1. The highest BCUT2D eigenvalue weighted by Gasteiger charge is 2.44. The topological polar surface area (TPSA) is 149 Å². The number of amides is 1. The van der Waals surface area contributed by atoms with Gasteiger partial charge in [-0.25, -0.2) is 0 Å². The van der Waals surface area contributed by atoms with E-state index in [1.165, 1.54) is 128 Å². The maximum atomic E-state index is 12.9. The van der Waals surface area contributed by atoms with Crippen LogP contribution in [-0.2, 0) is 14.3 Å². The molecule has 1 fully saturated rings. The minimum absolute atomic E-state index is 0.202. The molecule has 0 aromatic rings. The average Bonchev–Trinajstić information content (AvgIpc) is 3.26. The molecule has 1 heterocycles. The summed E-state index contributed by atoms with van der Waals surface area (Å²) in [6.07, 6.45) is 47.5. The summed E-state index contributed by atoms with van der Waals surface area (Å²) in [4.78, 5) is 12.9. The molecule has 356 valence electrons. The van der Waals surface area contributed by atoms with Gasteiger partial charge < -0.3 is 40.3 Å². The molecule has 0 aromatic carbocycles. The van der Waals surface area contributed by atoms with E-state index >= 15 is 0 Å². The Labute approximate surface area is 373 Å². The van der Waals surface area contributed by atoms with Gasteiger partial charge in [0, 0.05) is 6.42 Å². The fraction of sp³-hybridized carbons (Fsp3) is 0.827.